The van der Waals surface area contributed by atoms with Gasteiger partial charge in [0.25, 0.3) is 0 Å². The molecule has 0 aromatic heterocycles. The number of rotatable bonds is 9. The number of unbranched alkanes of at least 4 members (excludes halogenated alkanes) is 6. The molecule has 4 rings (SSSR count). The van der Waals surface area contributed by atoms with Crippen LogP contribution in [-0.4, -0.2) is 17.2 Å². The summed E-state index contributed by atoms with van der Waals surface area (Å²) in [6, 6.07) is 6.12. The maximum absolute atomic E-state index is 11.8. The third kappa shape index (κ3) is 5.82. The second-order valence-corrected chi connectivity index (χ2v) is 11.3. The monoisotopic (exact) mass is 470 g/mol. The zero-order valence-corrected chi connectivity index (χ0v) is 22.6. The first-order valence-electron chi connectivity index (χ1n) is 14.4. The molecule has 3 heteroatoms. The number of fused-ring (bicyclic) bond motifs is 5. The molecule has 0 amide bonds. The first-order chi connectivity index (χ1) is 16.4. The molecule has 0 spiro atoms. The van der Waals surface area contributed by atoms with Gasteiger partial charge in [-0.3, -0.25) is 4.79 Å². The Kier molecular flexibility index (Phi) is 9.92. The third-order valence-corrected chi connectivity index (χ3v) is 9.28. The van der Waals surface area contributed by atoms with E-state index in [1.54, 1.807) is 6.92 Å². The lowest BCUT2D eigenvalue weighted by Crippen LogP contribution is -2.48. The zero-order chi connectivity index (χ0) is 24.7. The summed E-state index contributed by atoms with van der Waals surface area (Å²) in [5.74, 6) is 2.90. The Hall–Kier alpha value is -1.51. The maximum Gasteiger partial charge on any atom is 0.302 e. The van der Waals surface area contributed by atoms with Crippen LogP contribution in [0.2, 0.25) is 0 Å². The highest BCUT2D eigenvalue weighted by Crippen LogP contribution is 2.63. The molecular weight excluding hydrogens is 420 g/mol. The number of esters is 1. The van der Waals surface area contributed by atoms with Crippen molar-refractivity contribution < 1.29 is 14.6 Å². The third-order valence-electron chi connectivity index (χ3n) is 9.28. The fourth-order valence-electron chi connectivity index (χ4n) is 7.77. The van der Waals surface area contributed by atoms with E-state index in [0.29, 0.717) is 29.4 Å². The summed E-state index contributed by atoms with van der Waals surface area (Å²) in [5.41, 5.74) is 3.00. The van der Waals surface area contributed by atoms with Gasteiger partial charge in [-0.05, 0) is 85.5 Å². The Labute approximate surface area is 209 Å². The van der Waals surface area contributed by atoms with E-state index >= 15 is 0 Å². The highest BCUT2D eigenvalue weighted by molar-refractivity contribution is 5.66. The van der Waals surface area contributed by atoms with E-state index < -0.39 is 0 Å². The fraction of sp³-hybridized carbons (Fsp3) is 0.774. The Bertz CT molecular complexity index is 787. The number of phenolic OH excluding ortho intramolecular Hbond substituents is 1. The van der Waals surface area contributed by atoms with Crippen molar-refractivity contribution in [2.75, 3.05) is 0 Å². The van der Waals surface area contributed by atoms with E-state index in [9.17, 15) is 9.90 Å². The lowest BCUT2D eigenvalue weighted by Gasteiger charge is -2.53. The van der Waals surface area contributed by atoms with Gasteiger partial charge < -0.3 is 9.84 Å². The molecule has 3 aliphatic rings. The molecule has 2 saturated carbocycles. The van der Waals surface area contributed by atoms with Crippen LogP contribution in [0.1, 0.15) is 129 Å². The van der Waals surface area contributed by atoms with Crippen LogP contribution in [0.25, 0.3) is 0 Å². The van der Waals surface area contributed by atoms with Crippen LogP contribution < -0.4 is 0 Å². The van der Waals surface area contributed by atoms with Gasteiger partial charge in [0, 0.05) is 12.3 Å². The van der Waals surface area contributed by atoms with Gasteiger partial charge in [-0.15, -0.1) is 0 Å². The molecule has 1 N–H and O–H groups in total. The minimum atomic E-state index is -0.122. The number of phenols is 1. The van der Waals surface area contributed by atoms with Crippen molar-refractivity contribution in [2.45, 2.75) is 130 Å². The molecule has 3 nitrogen and oxygen atoms in total. The van der Waals surface area contributed by atoms with Crippen LogP contribution >= 0.6 is 0 Å². The fourth-order valence-corrected chi connectivity index (χ4v) is 7.77. The lowest BCUT2D eigenvalue weighted by atomic mass is 9.52. The van der Waals surface area contributed by atoms with Crippen LogP contribution in [0, 0.1) is 23.2 Å². The van der Waals surface area contributed by atoms with Gasteiger partial charge in [0.05, 0.1) is 0 Å². The Morgan fingerprint density at radius 1 is 1.06 bits per heavy atom. The van der Waals surface area contributed by atoms with Gasteiger partial charge in [-0.1, -0.05) is 78.7 Å². The summed E-state index contributed by atoms with van der Waals surface area (Å²) in [7, 11) is 0. The second-order valence-electron chi connectivity index (χ2n) is 11.3. The molecule has 6 atom stereocenters. The van der Waals surface area contributed by atoms with E-state index in [0.717, 1.165) is 19.3 Å². The van der Waals surface area contributed by atoms with Crippen molar-refractivity contribution in [1.29, 1.82) is 0 Å². The summed E-state index contributed by atoms with van der Waals surface area (Å²) < 4.78 is 5.86. The molecule has 1 aromatic carbocycles. The molecule has 34 heavy (non-hydrogen) atoms. The predicted octanol–water partition coefficient (Wildman–Crippen LogP) is 8.57. The van der Waals surface area contributed by atoms with Crippen LogP contribution in [0.3, 0.4) is 0 Å². The first kappa shape index (κ1) is 27.1. The number of benzene rings is 1. The number of hydrogen-bond donors (Lipinski definition) is 1. The van der Waals surface area contributed by atoms with Crippen LogP contribution in [0.15, 0.2) is 18.2 Å². The zero-order valence-electron chi connectivity index (χ0n) is 22.6. The number of ether oxygens (including phenoxy) is 1. The highest BCUT2D eigenvalue weighted by atomic mass is 16.5. The SMILES string of the molecule is CC.CCCCCCCCC[C@@H]1Cc2cc(O)ccc2C2CCC3(C)C(CC[C@@H]3OC(C)=O)C21. The van der Waals surface area contributed by atoms with E-state index in [1.165, 1.54) is 75.3 Å². The summed E-state index contributed by atoms with van der Waals surface area (Å²) in [5, 5.41) is 10.1. The van der Waals surface area contributed by atoms with Gasteiger partial charge >= 0.3 is 5.97 Å². The minimum absolute atomic E-state index is 0.0892. The van der Waals surface area contributed by atoms with Crippen molar-refractivity contribution in [1.82, 2.24) is 0 Å². The average molecular weight is 471 g/mol. The summed E-state index contributed by atoms with van der Waals surface area (Å²) in [6.45, 7) is 10.3. The standard InChI is InChI=1S/C29H44O3.C2H6/c1-4-5-6-7-8-9-10-11-21-18-22-19-23(31)12-13-24(22)25-16-17-29(3)26(28(21)25)14-15-27(29)32-20(2)30;1-2/h12-13,19,21,25-28,31H,4-11,14-18H2,1-3H3;1-2H3/t21-,25?,26?,27+,28?,29?;/m1./s1. The van der Waals surface area contributed by atoms with E-state index in [-0.39, 0.29) is 17.5 Å². The molecule has 0 saturated heterocycles. The summed E-state index contributed by atoms with van der Waals surface area (Å²) in [6.07, 6.45) is 16.5. The van der Waals surface area contributed by atoms with Crippen LogP contribution in [0.5, 0.6) is 5.75 Å². The largest absolute Gasteiger partial charge is 0.508 e. The van der Waals surface area contributed by atoms with Gasteiger partial charge in [0.1, 0.15) is 11.9 Å². The number of hydrogen-bond acceptors (Lipinski definition) is 3. The van der Waals surface area contributed by atoms with Crippen LogP contribution in [-0.2, 0) is 16.0 Å². The van der Waals surface area contributed by atoms with Crippen molar-refractivity contribution in [3.8, 4) is 5.75 Å². The Morgan fingerprint density at radius 2 is 1.76 bits per heavy atom. The van der Waals surface area contributed by atoms with Gasteiger partial charge in [0.15, 0.2) is 0 Å². The molecule has 0 bridgehead atoms. The predicted molar refractivity (Wildman–Crippen MR) is 141 cm³/mol. The van der Waals surface area contributed by atoms with Gasteiger partial charge in [0.2, 0.25) is 0 Å². The molecule has 1 aromatic rings. The highest BCUT2D eigenvalue weighted by Gasteiger charge is 2.57. The minimum Gasteiger partial charge on any atom is -0.508 e. The quantitative estimate of drug-likeness (QED) is 0.290. The van der Waals surface area contributed by atoms with Crippen LogP contribution in [0.4, 0.5) is 0 Å². The topological polar surface area (TPSA) is 46.5 Å². The van der Waals surface area contributed by atoms with Gasteiger partial charge in [-0.25, -0.2) is 0 Å². The first-order valence-corrected chi connectivity index (χ1v) is 14.4. The van der Waals surface area contributed by atoms with Crippen molar-refractivity contribution >= 4 is 5.97 Å². The molecule has 3 aliphatic carbocycles. The molecule has 0 radical (unpaired) electrons. The number of carbonyl (C=O) groups is 1. The van der Waals surface area contributed by atoms with Crippen molar-refractivity contribution in [2.24, 2.45) is 23.2 Å². The summed E-state index contributed by atoms with van der Waals surface area (Å²) >= 11 is 0. The Morgan fingerprint density at radius 3 is 2.47 bits per heavy atom. The molecule has 4 unspecified atom stereocenters. The van der Waals surface area contributed by atoms with E-state index in [2.05, 4.69) is 19.9 Å². The van der Waals surface area contributed by atoms with E-state index in [4.69, 9.17) is 4.74 Å². The number of carbonyl (C=O) groups excluding carboxylic acids is 1. The normalized spacial score (nSPS) is 31.5. The summed E-state index contributed by atoms with van der Waals surface area (Å²) in [4.78, 5) is 11.8. The lowest BCUT2D eigenvalue weighted by molar-refractivity contribution is -0.155. The molecule has 0 aliphatic heterocycles. The molecule has 0 heterocycles. The van der Waals surface area contributed by atoms with Crippen molar-refractivity contribution in [3.05, 3.63) is 29.3 Å². The van der Waals surface area contributed by atoms with Gasteiger partial charge in [-0.2, -0.15) is 0 Å². The Balaban J connectivity index is 0.00000158. The average Bonchev–Trinajstić information content (AvgIpc) is 3.14. The second kappa shape index (κ2) is 12.5. The number of aromatic hydroxyl groups is 1. The maximum atomic E-state index is 11.8. The van der Waals surface area contributed by atoms with Crippen molar-refractivity contribution in [3.63, 3.8) is 0 Å². The molecule has 192 valence electrons. The molecular formula is C31H50O3. The van der Waals surface area contributed by atoms with E-state index in [1.807, 2.05) is 26.0 Å². The smallest absolute Gasteiger partial charge is 0.302 e. The molecule has 2 fully saturated rings.